The maximum Gasteiger partial charge on any atom is 0.160 e. The molecule has 1 heterocycles. The van der Waals surface area contributed by atoms with Crippen molar-refractivity contribution in [3.63, 3.8) is 0 Å². The normalized spacial score (nSPS) is 10.8. The van der Waals surface area contributed by atoms with Crippen molar-refractivity contribution in [2.45, 2.75) is 19.8 Å². The van der Waals surface area contributed by atoms with Crippen LogP contribution in [0.5, 0.6) is 11.5 Å². The average molecular weight is 382 g/mol. The van der Waals surface area contributed by atoms with Crippen molar-refractivity contribution >= 4 is 0 Å². The first-order valence-corrected chi connectivity index (χ1v) is 9.66. The smallest absolute Gasteiger partial charge is 0.160 e. The van der Waals surface area contributed by atoms with E-state index in [1.807, 2.05) is 42.5 Å². The van der Waals surface area contributed by atoms with Gasteiger partial charge in [-0.15, -0.1) is 0 Å². The first kappa shape index (κ1) is 18.7. The lowest BCUT2D eigenvalue weighted by molar-refractivity contribution is 0.475. The molecule has 0 saturated carbocycles. The molecule has 0 fully saturated rings. The van der Waals surface area contributed by atoms with Gasteiger partial charge in [0.25, 0.3) is 0 Å². The van der Waals surface area contributed by atoms with Gasteiger partial charge >= 0.3 is 0 Å². The molecular weight excluding hydrogens is 360 g/mol. The standard InChI is InChI=1S/C25H22N2O2/c1-2-22-23(16-17-6-4-3-5-7-17)26-25(19-10-14-21(29)15-11-19)27-24(22)18-8-12-20(28)13-9-18/h3-15,28-29H,2,16H2,1H3. The van der Waals surface area contributed by atoms with Crippen LogP contribution in [-0.4, -0.2) is 20.2 Å². The largest absolute Gasteiger partial charge is 0.508 e. The lowest BCUT2D eigenvalue weighted by atomic mass is 9.98. The van der Waals surface area contributed by atoms with Gasteiger partial charge < -0.3 is 10.2 Å². The maximum absolute atomic E-state index is 9.68. The molecule has 0 unspecified atom stereocenters. The Morgan fingerprint density at radius 3 is 1.86 bits per heavy atom. The zero-order chi connectivity index (χ0) is 20.2. The van der Waals surface area contributed by atoms with Crippen LogP contribution >= 0.6 is 0 Å². The highest BCUT2D eigenvalue weighted by Gasteiger charge is 2.16. The van der Waals surface area contributed by atoms with Crippen LogP contribution in [0, 0.1) is 0 Å². The fraction of sp³-hybridized carbons (Fsp3) is 0.120. The molecule has 4 heteroatoms. The number of nitrogens with zero attached hydrogens (tertiary/aromatic N) is 2. The van der Waals surface area contributed by atoms with E-state index in [2.05, 4.69) is 19.1 Å². The molecule has 0 aliphatic heterocycles. The van der Waals surface area contributed by atoms with Gasteiger partial charge in [0.1, 0.15) is 11.5 Å². The molecule has 0 radical (unpaired) electrons. The molecule has 0 atom stereocenters. The maximum atomic E-state index is 9.68. The monoisotopic (exact) mass is 382 g/mol. The Morgan fingerprint density at radius 1 is 0.690 bits per heavy atom. The van der Waals surface area contributed by atoms with Gasteiger partial charge in [0.2, 0.25) is 0 Å². The van der Waals surface area contributed by atoms with Crippen molar-refractivity contribution < 1.29 is 10.2 Å². The Hall–Kier alpha value is -3.66. The van der Waals surface area contributed by atoms with Gasteiger partial charge in [-0.2, -0.15) is 0 Å². The number of benzene rings is 3. The molecule has 0 amide bonds. The van der Waals surface area contributed by atoms with Crippen molar-refractivity contribution in [1.82, 2.24) is 9.97 Å². The molecule has 4 rings (SSSR count). The zero-order valence-electron chi connectivity index (χ0n) is 16.2. The minimum atomic E-state index is 0.210. The van der Waals surface area contributed by atoms with Gasteiger partial charge in [-0.3, -0.25) is 0 Å². The Labute approximate surface area is 170 Å². The topological polar surface area (TPSA) is 66.2 Å². The van der Waals surface area contributed by atoms with E-state index < -0.39 is 0 Å². The molecule has 1 aromatic heterocycles. The summed E-state index contributed by atoms with van der Waals surface area (Å²) < 4.78 is 0. The summed E-state index contributed by atoms with van der Waals surface area (Å²) in [5, 5.41) is 19.3. The highest BCUT2D eigenvalue weighted by atomic mass is 16.3. The van der Waals surface area contributed by atoms with Gasteiger partial charge in [-0.05, 0) is 60.5 Å². The van der Waals surface area contributed by atoms with Crippen molar-refractivity contribution in [2.24, 2.45) is 0 Å². The summed E-state index contributed by atoms with van der Waals surface area (Å²) in [4.78, 5) is 9.77. The molecule has 144 valence electrons. The fourth-order valence-corrected chi connectivity index (χ4v) is 3.43. The number of rotatable bonds is 5. The van der Waals surface area contributed by atoms with E-state index in [1.54, 1.807) is 24.3 Å². The van der Waals surface area contributed by atoms with E-state index in [4.69, 9.17) is 9.97 Å². The Bertz CT molecular complexity index is 1110. The minimum Gasteiger partial charge on any atom is -0.508 e. The highest BCUT2D eigenvalue weighted by molar-refractivity contribution is 5.69. The van der Waals surface area contributed by atoms with Crippen LogP contribution in [0.3, 0.4) is 0 Å². The molecule has 3 aromatic carbocycles. The second kappa shape index (κ2) is 8.15. The second-order valence-electron chi connectivity index (χ2n) is 6.93. The molecule has 4 nitrogen and oxygen atoms in total. The number of aromatic hydroxyl groups is 2. The summed E-state index contributed by atoms with van der Waals surface area (Å²) in [6.45, 7) is 2.11. The molecule has 0 aliphatic carbocycles. The summed E-state index contributed by atoms with van der Waals surface area (Å²) in [5.74, 6) is 1.06. The molecule has 0 spiro atoms. The Kier molecular flexibility index (Phi) is 5.25. The van der Waals surface area contributed by atoms with Crippen molar-refractivity contribution in [3.8, 4) is 34.1 Å². The van der Waals surface area contributed by atoms with Gasteiger partial charge in [-0.25, -0.2) is 9.97 Å². The SMILES string of the molecule is CCc1c(Cc2ccccc2)nc(-c2ccc(O)cc2)nc1-c1ccc(O)cc1. The van der Waals surface area contributed by atoms with Gasteiger partial charge in [0, 0.05) is 23.1 Å². The number of hydrogen-bond donors (Lipinski definition) is 2. The number of phenols is 2. The van der Waals surface area contributed by atoms with E-state index in [0.717, 1.165) is 34.5 Å². The predicted molar refractivity (Wildman–Crippen MR) is 115 cm³/mol. The lowest BCUT2D eigenvalue weighted by Crippen LogP contribution is -2.06. The summed E-state index contributed by atoms with van der Waals surface area (Å²) >= 11 is 0. The third kappa shape index (κ3) is 4.11. The van der Waals surface area contributed by atoms with Crippen LogP contribution in [0.25, 0.3) is 22.6 Å². The van der Waals surface area contributed by atoms with Gasteiger partial charge in [0.05, 0.1) is 11.4 Å². The molecule has 2 N–H and O–H groups in total. The second-order valence-corrected chi connectivity index (χ2v) is 6.93. The van der Waals surface area contributed by atoms with E-state index in [1.165, 1.54) is 5.56 Å². The molecule has 29 heavy (non-hydrogen) atoms. The van der Waals surface area contributed by atoms with Crippen LogP contribution < -0.4 is 0 Å². The third-order valence-electron chi connectivity index (χ3n) is 4.93. The van der Waals surface area contributed by atoms with Crippen molar-refractivity contribution in [2.75, 3.05) is 0 Å². The number of phenolic OH excluding ortho intramolecular Hbond substituents is 2. The summed E-state index contributed by atoms with van der Waals surface area (Å²) in [5.41, 5.74) is 5.93. The van der Waals surface area contributed by atoms with Crippen LogP contribution in [0.1, 0.15) is 23.7 Å². The summed E-state index contributed by atoms with van der Waals surface area (Å²) in [6.07, 6.45) is 1.51. The third-order valence-corrected chi connectivity index (χ3v) is 4.93. The number of hydrogen-bond acceptors (Lipinski definition) is 4. The van der Waals surface area contributed by atoms with Crippen LogP contribution in [0.4, 0.5) is 0 Å². The van der Waals surface area contributed by atoms with Crippen molar-refractivity contribution in [1.29, 1.82) is 0 Å². The van der Waals surface area contributed by atoms with E-state index in [9.17, 15) is 10.2 Å². The minimum absolute atomic E-state index is 0.210. The Balaban J connectivity index is 1.90. The molecule has 0 bridgehead atoms. The van der Waals surface area contributed by atoms with Crippen molar-refractivity contribution in [3.05, 3.63) is 95.7 Å². The van der Waals surface area contributed by atoms with E-state index in [-0.39, 0.29) is 11.5 Å². The van der Waals surface area contributed by atoms with Crippen LogP contribution in [-0.2, 0) is 12.8 Å². The highest BCUT2D eigenvalue weighted by Crippen LogP contribution is 2.30. The summed E-state index contributed by atoms with van der Waals surface area (Å²) in [7, 11) is 0. The molecular formula is C25H22N2O2. The predicted octanol–water partition coefficient (Wildman–Crippen LogP) is 5.38. The Morgan fingerprint density at radius 2 is 1.28 bits per heavy atom. The number of aromatic nitrogens is 2. The fourth-order valence-electron chi connectivity index (χ4n) is 3.43. The first-order valence-electron chi connectivity index (χ1n) is 9.66. The quantitative estimate of drug-likeness (QED) is 0.487. The first-order chi connectivity index (χ1) is 14.1. The summed E-state index contributed by atoms with van der Waals surface area (Å²) in [6, 6.07) is 24.3. The molecule has 0 saturated heterocycles. The van der Waals surface area contributed by atoms with E-state index >= 15 is 0 Å². The lowest BCUT2D eigenvalue weighted by Gasteiger charge is -2.15. The molecule has 0 aliphatic rings. The van der Waals surface area contributed by atoms with E-state index in [0.29, 0.717) is 12.2 Å². The van der Waals surface area contributed by atoms with Crippen LogP contribution in [0.2, 0.25) is 0 Å². The average Bonchev–Trinajstić information content (AvgIpc) is 2.75. The molecule has 4 aromatic rings. The van der Waals surface area contributed by atoms with Gasteiger partial charge in [0.15, 0.2) is 5.82 Å². The van der Waals surface area contributed by atoms with Gasteiger partial charge in [-0.1, -0.05) is 37.3 Å². The zero-order valence-corrected chi connectivity index (χ0v) is 16.2. The van der Waals surface area contributed by atoms with Crippen LogP contribution in [0.15, 0.2) is 78.9 Å².